The lowest BCUT2D eigenvalue weighted by atomic mass is 9.94. The summed E-state index contributed by atoms with van der Waals surface area (Å²) in [6.07, 6.45) is 1.33. The number of hydrogen-bond donors (Lipinski definition) is 1. The lowest BCUT2D eigenvalue weighted by Gasteiger charge is -2.30. The number of alkyl halides is 1. The summed E-state index contributed by atoms with van der Waals surface area (Å²) in [4.78, 5) is 22.8. The molecule has 0 aliphatic heterocycles. The van der Waals surface area contributed by atoms with Crippen molar-refractivity contribution < 1.29 is 9.72 Å². The van der Waals surface area contributed by atoms with Gasteiger partial charge >= 0.3 is 0 Å². The van der Waals surface area contributed by atoms with Gasteiger partial charge in [0.15, 0.2) is 0 Å². The number of amides is 1. The highest BCUT2D eigenvalue weighted by molar-refractivity contribution is 6.19. The molecule has 0 aliphatic rings. The maximum atomic E-state index is 12.3. The van der Waals surface area contributed by atoms with E-state index < -0.39 is 16.4 Å². The van der Waals surface area contributed by atoms with Gasteiger partial charge in [0, 0.05) is 11.9 Å². The number of benzene rings is 1. The Balaban J connectivity index is 3.15. The van der Waals surface area contributed by atoms with E-state index in [1.54, 1.807) is 13.0 Å². The summed E-state index contributed by atoms with van der Waals surface area (Å²) in [7, 11) is 0. The second kappa shape index (κ2) is 6.70. The molecule has 0 aromatic heterocycles. The highest BCUT2D eigenvalue weighted by Crippen LogP contribution is 2.23. The quantitative estimate of drug-likeness (QED) is 0.497. The number of nitro benzene ring substituents is 1. The molecule has 5 nitrogen and oxygen atoms in total. The largest absolute Gasteiger partial charge is 0.345 e. The molecular formula is C14H19ClN2O3. The van der Waals surface area contributed by atoms with Crippen molar-refractivity contribution in [2.24, 2.45) is 0 Å². The molecule has 1 aromatic rings. The Bertz CT molecular complexity index is 505. The smallest absolute Gasteiger partial charge is 0.282 e. The first kappa shape index (κ1) is 16.4. The van der Waals surface area contributed by atoms with Gasteiger partial charge < -0.3 is 5.32 Å². The van der Waals surface area contributed by atoms with Gasteiger partial charge in [0.25, 0.3) is 11.6 Å². The van der Waals surface area contributed by atoms with E-state index in [4.69, 9.17) is 11.6 Å². The standard InChI is InChI=1S/C14H19ClN2O3/c1-4-14(5-2,9-15)16-13(18)11-8-10(3)6-7-12(11)17(19)20/h6-8H,4-5,9H2,1-3H3,(H,16,18). The number of carbonyl (C=O) groups excluding carboxylic acids is 1. The minimum Gasteiger partial charge on any atom is -0.345 e. The lowest BCUT2D eigenvalue weighted by Crippen LogP contribution is -2.49. The maximum absolute atomic E-state index is 12.3. The van der Waals surface area contributed by atoms with E-state index in [0.717, 1.165) is 5.56 Å². The Morgan fingerprint density at radius 3 is 2.45 bits per heavy atom. The molecule has 20 heavy (non-hydrogen) atoms. The van der Waals surface area contributed by atoms with Gasteiger partial charge in [-0.05, 0) is 31.4 Å². The first-order chi connectivity index (χ1) is 9.39. The molecule has 1 rings (SSSR count). The van der Waals surface area contributed by atoms with E-state index in [1.807, 2.05) is 13.8 Å². The molecule has 0 fully saturated rings. The third-order valence-electron chi connectivity index (χ3n) is 3.58. The van der Waals surface area contributed by atoms with E-state index in [2.05, 4.69) is 5.32 Å². The molecular weight excluding hydrogens is 280 g/mol. The lowest BCUT2D eigenvalue weighted by molar-refractivity contribution is -0.385. The average molecular weight is 299 g/mol. The zero-order chi connectivity index (χ0) is 15.3. The van der Waals surface area contributed by atoms with Crippen LogP contribution in [-0.4, -0.2) is 22.2 Å². The van der Waals surface area contributed by atoms with Gasteiger partial charge in [-0.1, -0.05) is 19.9 Å². The molecule has 0 atom stereocenters. The Morgan fingerprint density at radius 1 is 1.40 bits per heavy atom. The second-order valence-corrected chi connectivity index (χ2v) is 5.12. The van der Waals surface area contributed by atoms with Crippen LogP contribution in [0.1, 0.15) is 42.6 Å². The Labute approximate surface area is 123 Å². The highest BCUT2D eigenvalue weighted by Gasteiger charge is 2.30. The van der Waals surface area contributed by atoms with Gasteiger partial charge in [0.2, 0.25) is 0 Å². The molecule has 1 N–H and O–H groups in total. The maximum Gasteiger partial charge on any atom is 0.282 e. The van der Waals surface area contributed by atoms with Gasteiger partial charge in [-0.25, -0.2) is 0 Å². The molecule has 0 saturated heterocycles. The van der Waals surface area contributed by atoms with E-state index in [9.17, 15) is 14.9 Å². The highest BCUT2D eigenvalue weighted by atomic mass is 35.5. The fraction of sp³-hybridized carbons (Fsp3) is 0.500. The fourth-order valence-electron chi connectivity index (χ4n) is 1.95. The number of halogens is 1. The Morgan fingerprint density at radius 2 is 2.00 bits per heavy atom. The van der Waals surface area contributed by atoms with Crippen LogP contribution in [0.5, 0.6) is 0 Å². The zero-order valence-electron chi connectivity index (χ0n) is 11.9. The number of carbonyl (C=O) groups is 1. The minimum absolute atomic E-state index is 0.0754. The SMILES string of the molecule is CCC(CC)(CCl)NC(=O)c1cc(C)ccc1[N+](=O)[O-]. The summed E-state index contributed by atoms with van der Waals surface area (Å²) in [6, 6.07) is 4.49. The van der Waals surface area contributed by atoms with Crippen molar-refractivity contribution in [2.45, 2.75) is 39.2 Å². The third-order valence-corrected chi connectivity index (χ3v) is 4.09. The molecule has 0 heterocycles. The number of aryl methyl sites for hydroxylation is 1. The molecule has 110 valence electrons. The molecule has 1 aromatic carbocycles. The first-order valence-corrected chi connectivity index (χ1v) is 7.06. The van der Waals surface area contributed by atoms with Crippen molar-refractivity contribution in [3.05, 3.63) is 39.4 Å². The van der Waals surface area contributed by atoms with Crippen molar-refractivity contribution >= 4 is 23.2 Å². The van der Waals surface area contributed by atoms with Gasteiger partial charge in [-0.2, -0.15) is 0 Å². The number of nitrogens with zero attached hydrogens (tertiary/aromatic N) is 1. The van der Waals surface area contributed by atoms with Crippen LogP contribution in [0.25, 0.3) is 0 Å². The summed E-state index contributed by atoms with van der Waals surface area (Å²) in [5.41, 5.74) is 0.149. The molecule has 0 radical (unpaired) electrons. The van der Waals surface area contributed by atoms with Crippen LogP contribution in [0.3, 0.4) is 0 Å². The van der Waals surface area contributed by atoms with Crippen LogP contribution in [0.4, 0.5) is 5.69 Å². The summed E-state index contributed by atoms with van der Waals surface area (Å²) < 4.78 is 0. The van der Waals surface area contributed by atoms with E-state index in [0.29, 0.717) is 12.8 Å². The number of nitrogens with one attached hydrogen (secondary N) is 1. The number of hydrogen-bond acceptors (Lipinski definition) is 3. The van der Waals surface area contributed by atoms with Gasteiger partial charge in [0.05, 0.1) is 10.5 Å². The summed E-state index contributed by atoms with van der Waals surface area (Å²) in [5.74, 6) is -0.185. The van der Waals surface area contributed by atoms with Crippen molar-refractivity contribution in [1.29, 1.82) is 0 Å². The molecule has 1 amide bonds. The number of nitro groups is 1. The molecule has 6 heteroatoms. The summed E-state index contributed by atoms with van der Waals surface area (Å²) in [6.45, 7) is 5.64. The fourth-order valence-corrected chi connectivity index (χ4v) is 2.39. The average Bonchev–Trinajstić information content (AvgIpc) is 2.44. The van der Waals surface area contributed by atoms with Crippen LogP contribution in [0.15, 0.2) is 18.2 Å². The molecule has 0 spiro atoms. The van der Waals surface area contributed by atoms with Crippen LogP contribution >= 0.6 is 11.6 Å². The van der Waals surface area contributed by atoms with E-state index in [1.165, 1.54) is 12.1 Å². The Hall–Kier alpha value is -1.62. The van der Waals surface area contributed by atoms with Crippen molar-refractivity contribution in [3.8, 4) is 0 Å². The molecule has 0 unspecified atom stereocenters. The summed E-state index contributed by atoms with van der Waals surface area (Å²) >= 11 is 5.94. The van der Waals surface area contributed by atoms with E-state index in [-0.39, 0.29) is 17.1 Å². The minimum atomic E-state index is -0.547. The topological polar surface area (TPSA) is 72.2 Å². The van der Waals surface area contributed by atoms with Crippen LogP contribution in [0, 0.1) is 17.0 Å². The van der Waals surface area contributed by atoms with Crippen molar-refractivity contribution in [2.75, 3.05) is 5.88 Å². The normalized spacial score (nSPS) is 11.2. The molecule has 0 bridgehead atoms. The van der Waals surface area contributed by atoms with Crippen LogP contribution < -0.4 is 5.32 Å². The predicted molar refractivity (Wildman–Crippen MR) is 79.3 cm³/mol. The van der Waals surface area contributed by atoms with Crippen LogP contribution in [0.2, 0.25) is 0 Å². The monoisotopic (exact) mass is 298 g/mol. The molecule has 0 saturated carbocycles. The predicted octanol–water partition coefficient (Wildman–Crippen LogP) is 3.43. The van der Waals surface area contributed by atoms with E-state index >= 15 is 0 Å². The van der Waals surface area contributed by atoms with Crippen molar-refractivity contribution in [1.82, 2.24) is 5.32 Å². The molecule has 0 aliphatic carbocycles. The number of rotatable bonds is 6. The first-order valence-electron chi connectivity index (χ1n) is 6.52. The van der Waals surface area contributed by atoms with Gasteiger partial charge in [-0.3, -0.25) is 14.9 Å². The Kier molecular flexibility index (Phi) is 5.51. The van der Waals surface area contributed by atoms with Crippen LogP contribution in [-0.2, 0) is 0 Å². The summed E-state index contributed by atoms with van der Waals surface area (Å²) in [5, 5.41) is 13.9. The zero-order valence-corrected chi connectivity index (χ0v) is 12.7. The van der Waals surface area contributed by atoms with Crippen molar-refractivity contribution in [3.63, 3.8) is 0 Å². The van der Waals surface area contributed by atoms with Gasteiger partial charge in [0.1, 0.15) is 5.56 Å². The second-order valence-electron chi connectivity index (χ2n) is 4.85. The third kappa shape index (κ3) is 3.48. The van der Waals surface area contributed by atoms with Gasteiger partial charge in [-0.15, -0.1) is 11.6 Å².